The molecule has 1 aliphatic rings. The number of carboxylic acids is 1. The number of aliphatic carboxylic acids is 1. The van der Waals surface area contributed by atoms with Gasteiger partial charge in [-0.1, -0.05) is 0 Å². The number of hydrogen-bond acceptors (Lipinski definition) is 3. The minimum Gasteiger partial charge on any atom is -0.481 e. The summed E-state index contributed by atoms with van der Waals surface area (Å²) in [6.45, 7) is 4.71. The molecule has 0 aromatic heterocycles. The first kappa shape index (κ1) is 11.0. The molecule has 0 atom stereocenters. The SMILES string of the molecule is CC(=O)N1CC(C)(OCCC(=O)O)C1. The fourth-order valence-electron chi connectivity index (χ4n) is 1.46. The zero-order valence-corrected chi connectivity index (χ0v) is 8.45. The van der Waals surface area contributed by atoms with Crippen LogP contribution >= 0.6 is 0 Å². The van der Waals surface area contributed by atoms with Gasteiger partial charge in [0, 0.05) is 6.92 Å². The average molecular weight is 201 g/mol. The molecule has 80 valence electrons. The molecule has 5 nitrogen and oxygen atoms in total. The Hall–Kier alpha value is -1.10. The first-order valence-corrected chi connectivity index (χ1v) is 4.54. The van der Waals surface area contributed by atoms with Crippen LogP contribution < -0.4 is 0 Å². The number of carbonyl (C=O) groups excluding carboxylic acids is 1. The van der Waals surface area contributed by atoms with E-state index in [9.17, 15) is 9.59 Å². The molecule has 0 spiro atoms. The van der Waals surface area contributed by atoms with Crippen molar-refractivity contribution in [3.05, 3.63) is 0 Å². The fraction of sp³-hybridized carbons (Fsp3) is 0.778. The summed E-state index contributed by atoms with van der Waals surface area (Å²) in [6, 6.07) is 0. The van der Waals surface area contributed by atoms with Gasteiger partial charge in [0.25, 0.3) is 0 Å². The zero-order chi connectivity index (χ0) is 10.8. The molecular formula is C9H15NO4. The maximum Gasteiger partial charge on any atom is 0.305 e. The van der Waals surface area contributed by atoms with E-state index in [1.54, 1.807) is 4.90 Å². The zero-order valence-electron chi connectivity index (χ0n) is 8.45. The van der Waals surface area contributed by atoms with Crippen molar-refractivity contribution in [2.45, 2.75) is 25.9 Å². The second-order valence-corrected chi connectivity index (χ2v) is 3.82. The Kier molecular flexibility index (Phi) is 3.10. The molecule has 0 radical (unpaired) electrons. The van der Waals surface area contributed by atoms with Gasteiger partial charge in [0.1, 0.15) is 5.60 Å². The van der Waals surface area contributed by atoms with Gasteiger partial charge in [-0.2, -0.15) is 0 Å². The number of hydrogen-bond donors (Lipinski definition) is 1. The Morgan fingerprint density at radius 3 is 2.50 bits per heavy atom. The highest BCUT2D eigenvalue weighted by Gasteiger charge is 2.40. The molecular weight excluding hydrogens is 186 g/mol. The topological polar surface area (TPSA) is 66.8 Å². The van der Waals surface area contributed by atoms with Gasteiger partial charge in [-0.25, -0.2) is 0 Å². The molecule has 0 aromatic rings. The Morgan fingerprint density at radius 1 is 1.50 bits per heavy atom. The second kappa shape index (κ2) is 3.96. The number of carboxylic acid groups (broad SMARTS) is 1. The van der Waals surface area contributed by atoms with Crippen LogP contribution in [0.1, 0.15) is 20.3 Å². The van der Waals surface area contributed by atoms with Gasteiger partial charge in [-0.15, -0.1) is 0 Å². The van der Waals surface area contributed by atoms with Crippen molar-refractivity contribution in [2.24, 2.45) is 0 Å². The molecule has 14 heavy (non-hydrogen) atoms. The molecule has 0 saturated carbocycles. The average Bonchev–Trinajstić information content (AvgIpc) is 1.98. The quantitative estimate of drug-likeness (QED) is 0.700. The molecule has 1 heterocycles. The summed E-state index contributed by atoms with van der Waals surface area (Å²) in [5.41, 5.74) is -0.346. The summed E-state index contributed by atoms with van der Waals surface area (Å²) in [4.78, 5) is 22.8. The summed E-state index contributed by atoms with van der Waals surface area (Å²) in [6.07, 6.45) is 0.00958. The number of carbonyl (C=O) groups is 2. The van der Waals surface area contributed by atoms with Crippen LogP contribution in [-0.4, -0.2) is 47.2 Å². The lowest BCUT2D eigenvalue weighted by Crippen LogP contribution is -2.62. The molecule has 1 N–H and O–H groups in total. The van der Waals surface area contributed by atoms with Crippen LogP contribution in [0.2, 0.25) is 0 Å². The molecule has 0 aliphatic carbocycles. The summed E-state index contributed by atoms with van der Waals surface area (Å²) in [7, 11) is 0. The highest BCUT2D eigenvalue weighted by molar-refractivity contribution is 5.74. The summed E-state index contributed by atoms with van der Waals surface area (Å²) >= 11 is 0. The van der Waals surface area contributed by atoms with E-state index in [2.05, 4.69) is 0 Å². The third-order valence-electron chi connectivity index (χ3n) is 2.26. The summed E-state index contributed by atoms with van der Waals surface area (Å²) < 4.78 is 5.38. The van der Waals surface area contributed by atoms with Crippen molar-refractivity contribution >= 4 is 11.9 Å². The van der Waals surface area contributed by atoms with E-state index in [1.165, 1.54) is 6.92 Å². The number of nitrogens with zero attached hydrogens (tertiary/aromatic N) is 1. The van der Waals surface area contributed by atoms with Gasteiger partial charge in [-0.3, -0.25) is 9.59 Å². The van der Waals surface area contributed by atoms with Crippen LogP contribution in [-0.2, 0) is 14.3 Å². The number of likely N-dealkylation sites (tertiary alicyclic amines) is 1. The molecule has 0 unspecified atom stereocenters. The molecule has 1 amide bonds. The Bertz CT molecular complexity index is 245. The third-order valence-corrected chi connectivity index (χ3v) is 2.26. The van der Waals surface area contributed by atoms with Crippen LogP contribution in [0.25, 0.3) is 0 Å². The molecule has 1 rings (SSSR count). The predicted octanol–water partition coefficient (Wildman–Crippen LogP) is 0.0985. The Labute approximate surface area is 82.6 Å². The van der Waals surface area contributed by atoms with E-state index < -0.39 is 5.97 Å². The Balaban J connectivity index is 2.20. The predicted molar refractivity (Wildman–Crippen MR) is 48.9 cm³/mol. The van der Waals surface area contributed by atoms with E-state index in [-0.39, 0.29) is 24.5 Å². The van der Waals surface area contributed by atoms with E-state index in [4.69, 9.17) is 9.84 Å². The minimum absolute atomic E-state index is 0.00958. The van der Waals surface area contributed by atoms with Crippen LogP contribution in [0, 0.1) is 0 Å². The number of ether oxygens (including phenoxy) is 1. The van der Waals surface area contributed by atoms with Gasteiger partial charge in [0.2, 0.25) is 5.91 Å². The lowest BCUT2D eigenvalue weighted by molar-refractivity contribution is -0.165. The van der Waals surface area contributed by atoms with E-state index in [1.807, 2.05) is 6.92 Å². The highest BCUT2D eigenvalue weighted by atomic mass is 16.5. The monoisotopic (exact) mass is 201 g/mol. The second-order valence-electron chi connectivity index (χ2n) is 3.82. The van der Waals surface area contributed by atoms with Gasteiger partial charge < -0.3 is 14.7 Å². The van der Waals surface area contributed by atoms with Crippen LogP contribution in [0.5, 0.6) is 0 Å². The summed E-state index contributed by atoms with van der Waals surface area (Å²) in [5, 5.41) is 8.40. The molecule has 1 saturated heterocycles. The first-order valence-electron chi connectivity index (χ1n) is 4.54. The molecule has 0 bridgehead atoms. The fourth-order valence-corrected chi connectivity index (χ4v) is 1.46. The van der Waals surface area contributed by atoms with Crippen molar-refractivity contribution in [3.63, 3.8) is 0 Å². The summed E-state index contributed by atoms with van der Waals surface area (Å²) in [5.74, 6) is -0.833. The van der Waals surface area contributed by atoms with Crippen molar-refractivity contribution < 1.29 is 19.4 Å². The minimum atomic E-state index is -0.864. The van der Waals surface area contributed by atoms with Crippen LogP contribution in [0.15, 0.2) is 0 Å². The van der Waals surface area contributed by atoms with Crippen molar-refractivity contribution in [3.8, 4) is 0 Å². The van der Waals surface area contributed by atoms with Gasteiger partial charge >= 0.3 is 5.97 Å². The van der Waals surface area contributed by atoms with Crippen LogP contribution in [0.3, 0.4) is 0 Å². The van der Waals surface area contributed by atoms with Crippen LogP contribution in [0.4, 0.5) is 0 Å². The molecule has 1 fully saturated rings. The molecule has 0 aromatic carbocycles. The maximum atomic E-state index is 10.9. The number of amides is 1. The number of rotatable bonds is 4. The van der Waals surface area contributed by atoms with E-state index >= 15 is 0 Å². The largest absolute Gasteiger partial charge is 0.481 e. The van der Waals surface area contributed by atoms with Gasteiger partial charge in [0.05, 0.1) is 26.1 Å². The first-order chi connectivity index (χ1) is 6.43. The van der Waals surface area contributed by atoms with Gasteiger partial charge in [0.15, 0.2) is 0 Å². The van der Waals surface area contributed by atoms with Crippen molar-refractivity contribution in [2.75, 3.05) is 19.7 Å². The van der Waals surface area contributed by atoms with Gasteiger partial charge in [-0.05, 0) is 6.92 Å². The molecule has 5 heteroatoms. The highest BCUT2D eigenvalue weighted by Crippen LogP contribution is 2.24. The van der Waals surface area contributed by atoms with Crippen molar-refractivity contribution in [1.82, 2.24) is 4.90 Å². The third kappa shape index (κ3) is 2.70. The van der Waals surface area contributed by atoms with E-state index in [0.29, 0.717) is 13.1 Å². The standard InChI is InChI=1S/C9H15NO4/c1-7(11)10-5-9(2,6-10)14-4-3-8(12)13/h3-6H2,1-2H3,(H,12,13). The lowest BCUT2D eigenvalue weighted by atomic mass is 9.96. The van der Waals surface area contributed by atoms with E-state index in [0.717, 1.165) is 0 Å². The molecule has 1 aliphatic heterocycles. The maximum absolute atomic E-state index is 10.9. The normalized spacial score (nSPS) is 18.9. The smallest absolute Gasteiger partial charge is 0.305 e. The van der Waals surface area contributed by atoms with Crippen molar-refractivity contribution in [1.29, 1.82) is 0 Å². The lowest BCUT2D eigenvalue weighted by Gasteiger charge is -2.47. The Morgan fingerprint density at radius 2 is 2.07 bits per heavy atom.